The molecular formula is C26H27N3O3. The van der Waals surface area contributed by atoms with Gasteiger partial charge in [-0.25, -0.2) is 0 Å². The second kappa shape index (κ2) is 9.22. The largest absolute Gasteiger partial charge is 0.497 e. The Balaban J connectivity index is 1.63. The van der Waals surface area contributed by atoms with Crippen molar-refractivity contribution in [2.24, 2.45) is 11.1 Å². The number of nitrogens with two attached hydrogens (primary N) is 1. The summed E-state index contributed by atoms with van der Waals surface area (Å²) < 4.78 is 5.26. The minimum absolute atomic E-state index is 0.114. The topological polar surface area (TPSA) is 85.5 Å². The van der Waals surface area contributed by atoms with Crippen molar-refractivity contribution in [3.05, 3.63) is 84.2 Å². The lowest BCUT2D eigenvalue weighted by Gasteiger charge is -2.41. The number of carbonyl (C=O) groups excluding carboxylic acids is 2. The molecule has 164 valence electrons. The highest BCUT2D eigenvalue weighted by molar-refractivity contribution is 5.95. The summed E-state index contributed by atoms with van der Waals surface area (Å²) in [6.07, 6.45) is 5.35. The van der Waals surface area contributed by atoms with Gasteiger partial charge in [0.15, 0.2) is 0 Å². The average molecular weight is 430 g/mol. The van der Waals surface area contributed by atoms with Crippen molar-refractivity contribution in [1.82, 2.24) is 9.88 Å². The van der Waals surface area contributed by atoms with Crippen LogP contribution in [0.25, 0.3) is 11.1 Å². The van der Waals surface area contributed by atoms with Crippen molar-refractivity contribution in [1.29, 1.82) is 0 Å². The van der Waals surface area contributed by atoms with Gasteiger partial charge in [0.1, 0.15) is 5.75 Å². The van der Waals surface area contributed by atoms with E-state index in [0.717, 1.165) is 23.1 Å². The summed E-state index contributed by atoms with van der Waals surface area (Å²) in [7, 11) is 1.57. The van der Waals surface area contributed by atoms with Gasteiger partial charge in [-0.3, -0.25) is 14.6 Å². The number of aromatic nitrogens is 1. The molecule has 6 heteroatoms. The summed E-state index contributed by atoms with van der Waals surface area (Å²) in [5, 5.41) is 0. The van der Waals surface area contributed by atoms with Gasteiger partial charge in [-0.2, -0.15) is 0 Å². The standard InChI is InChI=1S/C26H27N3O3/c1-32-22-8-4-7-20(16-22)24(30)29-15-5-12-26(18-29,25(27)31)17-21-6-2-3-9-23(21)19-10-13-28-14-11-19/h2-4,6-11,13-14,16H,5,12,15,17-18H2,1H3,(H2,27,31)/t26-/m0/s1. The number of nitrogens with zero attached hydrogens (tertiary/aromatic N) is 2. The molecule has 0 bridgehead atoms. The van der Waals surface area contributed by atoms with E-state index in [1.165, 1.54) is 0 Å². The molecule has 1 aromatic heterocycles. The maximum absolute atomic E-state index is 13.2. The van der Waals surface area contributed by atoms with E-state index in [9.17, 15) is 9.59 Å². The first-order valence-corrected chi connectivity index (χ1v) is 10.7. The predicted molar refractivity (Wildman–Crippen MR) is 123 cm³/mol. The molecule has 0 saturated carbocycles. The van der Waals surface area contributed by atoms with Crippen LogP contribution < -0.4 is 10.5 Å². The normalized spacial score (nSPS) is 18.2. The van der Waals surface area contributed by atoms with E-state index in [1.54, 1.807) is 48.7 Å². The van der Waals surface area contributed by atoms with Crippen molar-refractivity contribution in [2.75, 3.05) is 20.2 Å². The van der Waals surface area contributed by atoms with Crippen molar-refractivity contribution in [3.63, 3.8) is 0 Å². The molecule has 1 atom stereocenters. The van der Waals surface area contributed by atoms with Crippen molar-refractivity contribution in [3.8, 4) is 16.9 Å². The zero-order valence-corrected chi connectivity index (χ0v) is 18.2. The van der Waals surface area contributed by atoms with Crippen LogP contribution in [0.5, 0.6) is 5.75 Å². The van der Waals surface area contributed by atoms with Crippen LogP contribution in [-0.2, 0) is 11.2 Å². The monoisotopic (exact) mass is 429 g/mol. The van der Waals surface area contributed by atoms with Crippen molar-refractivity contribution < 1.29 is 14.3 Å². The van der Waals surface area contributed by atoms with Gasteiger partial charge in [0.2, 0.25) is 5.91 Å². The van der Waals surface area contributed by atoms with Gasteiger partial charge in [-0.1, -0.05) is 30.3 Å². The van der Waals surface area contributed by atoms with Gasteiger partial charge in [0.25, 0.3) is 5.91 Å². The van der Waals surface area contributed by atoms with E-state index in [-0.39, 0.29) is 11.8 Å². The third-order valence-corrected chi connectivity index (χ3v) is 6.24. The number of hydrogen-bond acceptors (Lipinski definition) is 4. The lowest BCUT2D eigenvalue weighted by atomic mass is 9.73. The quantitative estimate of drug-likeness (QED) is 0.647. The summed E-state index contributed by atoms with van der Waals surface area (Å²) in [6, 6.07) is 19.0. The third kappa shape index (κ3) is 4.35. The van der Waals surface area contributed by atoms with E-state index in [0.29, 0.717) is 37.2 Å². The van der Waals surface area contributed by atoms with Crippen LogP contribution in [0.1, 0.15) is 28.8 Å². The maximum atomic E-state index is 13.2. The van der Waals surface area contributed by atoms with Crippen LogP contribution in [0.15, 0.2) is 73.1 Å². The van der Waals surface area contributed by atoms with Crippen LogP contribution in [0.2, 0.25) is 0 Å². The van der Waals surface area contributed by atoms with Crippen LogP contribution in [0.3, 0.4) is 0 Å². The number of likely N-dealkylation sites (tertiary alicyclic amines) is 1. The lowest BCUT2D eigenvalue weighted by molar-refractivity contribution is -0.130. The van der Waals surface area contributed by atoms with Gasteiger partial charge >= 0.3 is 0 Å². The van der Waals surface area contributed by atoms with E-state index in [1.807, 2.05) is 36.4 Å². The fourth-order valence-corrected chi connectivity index (χ4v) is 4.53. The number of piperidine rings is 1. The van der Waals surface area contributed by atoms with Crippen molar-refractivity contribution in [2.45, 2.75) is 19.3 Å². The fraction of sp³-hybridized carbons (Fsp3) is 0.269. The molecule has 2 amide bonds. The molecular weight excluding hydrogens is 402 g/mol. The number of methoxy groups -OCH3 is 1. The Kier molecular flexibility index (Phi) is 6.21. The van der Waals surface area contributed by atoms with E-state index >= 15 is 0 Å². The molecule has 2 aromatic carbocycles. The minimum atomic E-state index is -0.824. The predicted octanol–water partition coefficient (Wildman–Crippen LogP) is 3.71. The highest BCUT2D eigenvalue weighted by Crippen LogP contribution is 2.37. The number of ether oxygens (including phenoxy) is 1. The SMILES string of the molecule is COc1cccc(C(=O)N2CCC[C@@](Cc3ccccc3-c3ccncc3)(C(N)=O)C2)c1. The van der Waals surface area contributed by atoms with Crippen LogP contribution >= 0.6 is 0 Å². The molecule has 0 radical (unpaired) electrons. The average Bonchev–Trinajstić information content (AvgIpc) is 2.84. The number of primary amides is 1. The zero-order chi connectivity index (χ0) is 22.6. The first-order valence-electron chi connectivity index (χ1n) is 10.7. The molecule has 1 aliphatic rings. The number of carbonyl (C=O) groups is 2. The highest BCUT2D eigenvalue weighted by atomic mass is 16.5. The molecule has 4 rings (SSSR count). The third-order valence-electron chi connectivity index (χ3n) is 6.24. The Hall–Kier alpha value is -3.67. The van der Waals surface area contributed by atoms with Gasteiger partial charge in [0.05, 0.1) is 12.5 Å². The number of rotatable bonds is 6. The van der Waals surface area contributed by atoms with Gasteiger partial charge in [-0.15, -0.1) is 0 Å². The van der Waals surface area contributed by atoms with E-state index < -0.39 is 5.41 Å². The molecule has 1 saturated heterocycles. The molecule has 1 aliphatic heterocycles. The molecule has 2 N–H and O–H groups in total. The second-order valence-corrected chi connectivity index (χ2v) is 8.28. The number of benzene rings is 2. The zero-order valence-electron chi connectivity index (χ0n) is 18.2. The second-order valence-electron chi connectivity index (χ2n) is 8.28. The Bertz CT molecular complexity index is 1120. The van der Waals surface area contributed by atoms with Crippen molar-refractivity contribution >= 4 is 11.8 Å². The fourth-order valence-electron chi connectivity index (χ4n) is 4.53. The number of hydrogen-bond donors (Lipinski definition) is 1. The lowest BCUT2D eigenvalue weighted by Crippen LogP contribution is -2.53. The van der Waals surface area contributed by atoms with Crippen LogP contribution in [0.4, 0.5) is 0 Å². The van der Waals surface area contributed by atoms with E-state index in [4.69, 9.17) is 10.5 Å². The molecule has 1 fully saturated rings. The molecule has 2 heterocycles. The molecule has 0 aliphatic carbocycles. The minimum Gasteiger partial charge on any atom is -0.497 e. The summed E-state index contributed by atoms with van der Waals surface area (Å²) >= 11 is 0. The first kappa shape index (κ1) is 21.6. The van der Waals surface area contributed by atoms with E-state index in [2.05, 4.69) is 4.98 Å². The van der Waals surface area contributed by atoms with Gasteiger partial charge < -0.3 is 15.4 Å². The Morgan fingerprint density at radius 3 is 2.62 bits per heavy atom. The van der Waals surface area contributed by atoms with Crippen LogP contribution in [0, 0.1) is 5.41 Å². The van der Waals surface area contributed by atoms with Crippen LogP contribution in [-0.4, -0.2) is 41.9 Å². The number of amides is 2. The summed E-state index contributed by atoms with van der Waals surface area (Å²) in [6.45, 7) is 0.889. The first-order chi connectivity index (χ1) is 15.5. The Labute approximate surface area is 188 Å². The number of pyridine rings is 1. The molecule has 3 aromatic rings. The van der Waals surface area contributed by atoms with Gasteiger partial charge in [-0.05, 0) is 66.3 Å². The maximum Gasteiger partial charge on any atom is 0.254 e. The molecule has 0 spiro atoms. The summed E-state index contributed by atoms with van der Waals surface area (Å²) in [5.74, 6) is 0.141. The smallest absolute Gasteiger partial charge is 0.254 e. The molecule has 6 nitrogen and oxygen atoms in total. The Morgan fingerprint density at radius 1 is 1.09 bits per heavy atom. The molecule has 0 unspecified atom stereocenters. The summed E-state index contributed by atoms with van der Waals surface area (Å²) in [5.41, 5.74) is 8.82. The van der Waals surface area contributed by atoms with Gasteiger partial charge in [0, 0.05) is 31.0 Å². The Morgan fingerprint density at radius 2 is 1.88 bits per heavy atom. The molecule has 32 heavy (non-hydrogen) atoms. The summed E-state index contributed by atoms with van der Waals surface area (Å²) in [4.78, 5) is 31.9. The highest BCUT2D eigenvalue weighted by Gasteiger charge is 2.42.